The Bertz CT molecular complexity index is 519. The highest BCUT2D eigenvalue weighted by molar-refractivity contribution is 7.22. The molecule has 0 saturated heterocycles. The molecule has 1 N–H and O–H groups in total. The quantitative estimate of drug-likeness (QED) is 0.817. The summed E-state index contributed by atoms with van der Waals surface area (Å²) in [4.78, 5) is 4.59. The topological polar surface area (TPSA) is 24.9 Å². The number of benzene rings is 1. The van der Waals surface area contributed by atoms with Gasteiger partial charge < -0.3 is 5.32 Å². The Morgan fingerprint density at radius 2 is 2.06 bits per heavy atom. The van der Waals surface area contributed by atoms with E-state index in [1.165, 1.54) is 12.8 Å². The van der Waals surface area contributed by atoms with E-state index in [0.29, 0.717) is 12.0 Å². The molecule has 18 heavy (non-hydrogen) atoms. The van der Waals surface area contributed by atoms with E-state index in [4.69, 9.17) is 11.6 Å². The fourth-order valence-electron chi connectivity index (χ4n) is 2.29. The van der Waals surface area contributed by atoms with E-state index in [1.807, 2.05) is 18.2 Å². The van der Waals surface area contributed by atoms with Crippen molar-refractivity contribution in [3.05, 3.63) is 23.2 Å². The number of hydrogen-bond donors (Lipinski definition) is 1. The summed E-state index contributed by atoms with van der Waals surface area (Å²) in [5.41, 5.74) is 0.978. The van der Waals surface area contributed by atoms with Gasteiger partial charge in [-0.1, -0.05) is 55.7 Å². The van der Waals surface area contributed by atoms with Gasteiger partial charge in [0.15, 0.2) is 5.13 Å². The Hall–Kier alpha value is -0.800. The van der Waals surface area contributed by atoms with E-state index in [-0.39, 0.29) is 0 Å². The minimum Gasteiger partial charge on any atom is -0.359 e. The van der Waals surface area contributed by atoms with Crippen LogP contribution in [0.5, 0.6) is 0 Å². The summed E-state index contributed by atoms with van der Waals surface area (Å²) in [7, 11) is 0. The SMILES string of the molecule is CCC(CC)C(C)Nc1nc2cccc(Cl)c2s1. The number of thiazole rings is 1. The first kappa shape index (κ1) is 13.6. The van der Waals surface area contributed by atoms with Crippen LogP contribution in [-0.4, -0.2) is 11.0 Å². The van der Waals surface area contributed by atoms with Gasteiger partial charge in [-0.3, -0.25) is 0 Å². The van der Waals surface area contributed by atoms with Crippen molar-refractivity contribution < 1.29 is 0 Å². The molecule has 1 unspecified atom stereocenters. The third kappa shape index (κ3) is 2.78. The molecule has 1 aromatic heterocycles. The van der Waals surface area contributed by atoms with Crippen molar-refractivity contribution in [3.8, 4) is 0 Å². The standard InChI is InChI=1S/C14H19ClN2S/c1-4-10(5-2)9(3)16-14-17-12-8-6-7-11(15)13(12)18-14/h6-10H,4-5H2,1-3H3,(H,16,17). The molecule has 0 aliphatic rings. The smallest absolute Gasteiger partial charge is 0.184 e. The monoisotopic (exact) mass is 282 g/mol. The molecule has 2 aromatic rings. The van der Waals surface area contributed by atoms with Crippen LogP contribution in [0.3, 0.4) is 0 Å². The zero-order valence-corrected chi connectivity index (χ0v) is 12.6. The zero-order valence-electron chi connectivity index (χ0n) is 11.0. The maximum atomic E-state index is 6.17. The average molecular weight is 283 g/mol. The third-order valence-electron chi connectivity index (χ3n) is 3.47. The van der Waals surface area contributed by atoms with Crippen LogP contribution in [0.15, 0.2) is 18.2 Å². The van der Waals surface area contributed by atoms with Crippen LogP contribution in [0, 0.1) is 5.92 Å². The van der Waals surface area contributed by atoms with Gasteiger partial charge in [0, 0.05) is 6.04 Å². The predicted molar refractivity (Wildman–Crippen MR) is 81.8 cm³/mol. The second-order valence-electron chi connectivity index (χ2n) is 4.62. The highest BCUT2D eigenvalue weighted by Gasteiger charge is 2.15. The van der Waals surface area contributed by atoms with Crippen molar-refractivity contribution in [2.45, 2.75) is 39.7 Å². The van der Waals surface area contributed by atoms with Gasteiger partial charge in [0.1, 0.15) is 0 Å². The molecule has 4 heteroatoms. The summed E-state index contributed by atoms with van der Waals surface area (Å²) in [6.45, 7) is 6.70. The maximum absolute atomic E-state index is 6.17. The summed E-state index contributed by atoms with van der Waals surface area (Å²) in [5.74, 6) is 0.687. The minimum absolute atomic E-state index is 0.444. The summed E-state index contributed by atoms with van der Waals surface area (Å²) in [6, 6.07) is 6.30. The molecule has 0 amide bonds. The molecular weight excluding hydrogens is 264 g/mol. The molecule has 0 aliphatic heterocycles. The van der Waals surface area contributed by atoms with Gasteiger partial charge >= 0.3 is 0 Å². The number of fused-ring (bicyclic) bond motifs is 1. The van der Waals surface area contributed by atoms with Gasteiger partial charge in [0.25, 0.3) is 0 Å². The van der Waals surface area contributed by atoms with E-state index in [2.05, 4.69) is 31.1 Å². The molecule has 0 saturated carbocycles. The Morgan fingerprint density at radius 1 is 1.33 bits per heavy atom. The molecule has 2 rings (SSSR count). The lowest BCUT2D eigenvalue weighted by Gasteiger charge is -2.21. The van der Waals surface area contributed by atoms with Crippen LogP contribution in [0.1, 0.15) is 33.6 Å². The van der Waals surface area contributed by atoms with E-state index in [0.717, 1.165) is 20.4 Å². The molecule has 1 aromatic carbocycles. The molecule has 0 spiro atoms. The number of nitrogens with one attached hydrogen (secondary N) is 1. The Kier molecular flexibility index (Phi) is 4.46. The second-order valence-corrected chi connectivity index (χ2v) is 6.02. The van der Waals surface area contributed by atoms with Crippen molar-refractivity contribution in [2.75, 3.05) is 5.32 Å². The summed E-state index contributed by atoms with van der Waals surface area (Å²) in [6.07, 6.45) is 2.38. The van der Waals surface area contributed by atoms with Gasteiger partial charge in [-0.25, -0.2) is 4.98 Å². The van der Waals surface area contributed by atoms with Gasteiger partial charge in [-0.15, -0.1) is 0 Å². The van der Waals surface area contributed by atoms with E-state index < -0.39 is 0 Å². The predicted octanol–water partition coefficient (Wildman–Crippen LogP) is 5.19. The van der Waals surface area contributed by atoms with E-state index in [1.54, 1.807) is 11.3 Å². The molecule has 0 fully saturated rings. The van der Waals surface area contributed by atoms with Crippen molar-refractivity contribution in [1.29, 1.82) is 0 Å². The van der Waals surface area contributed by atoms with Crippen LogP contribution in [-0.2, 0) is 0 Å². The first-order valence-electron chi connectivity index (χ1n) is 6.47. The van der Waals surface area contributed by atoms with Crippen LogP contribution >= 0.6 is 22.9 Å². The maximum Gasteiger partial charge on any atom is 0.184 e. The highest BCUT2D eigenvalue weighted by atomic mass is 35.5. The Balaban J connectivity index is 2.19. The lowest BCUT2D eigenvalue weighted by molar-refractivity contribution is 0.438. The number of anilines is 1. The molecule has 0 radical (unpaired) electrons. The normalized spacial score (nSPS) is 13.2. The van der Waals surface area contributed by atoms with E-state index in [9.17, 15) is 0 Å². The third-order valence-corrected chi connectivity index (χ3v) is 4.94. The van der Waals surface area contributed by atoms with Crippen molar-refractivity contribution in [3.63, 3.8) is 0 Å². The molecule has 1 atom stereocenters. The fourth-order valence-corrected chi connectivity index (χ4v) is 3.54. The minimum atomic E-state index is 0.444. The fraction of sp³-hybridized carbons (Fsp3) is 0.500. The lowest BCUT2D eigenvalue weighted by Crippen LogP contribution is -2.24. The molecule has 2 nitrogen and oxygen atoms in total. The van der Waals surface area contributed by atoms with Gasteiger partial charge in [0.05, 0.1) is 15.2 Å². The van der Waals surface area contributed by atoms with Crippen molar-refractivity contribution in [1.82, 2.24) is 4.98 Å². The number of hydrogen-bond acceptors (Lipinski definition) is 3. The van der Waals surface area contributed by atoms with Gasteiger partial charge in [0.2, 0.25) is 0 Å². The molecule has 0 aliphatic carbocycles. The number of halogens is 1. The first-order chi connectivity index (χ1) is 8.65. The summed E-state index contributed by atoms with van der Waals surface area (Å²) in [5, 5.41) is 5.26. The van der Waals surface area contributed by atoms with Crippen molar-refractivity contribution >= 4 is 38.3 Å². The van der Waals surface area contributed by atoms with Crippen LogP contribution < -0.4 is 5.32 Å². The number of nitrogens with zero attached hydrogens (tertiary/aromatic N) is 1. The van der Waals surface area contributed by atoms with Crippen LogP contribution in [0.4, 0.5) is 5.13 Å². The average Bonchev–Trinajstić information content (AvgIpc) is 2.74. The number of aromatic nitrogens is 1. The summed E-state index contributed by atoms with van der Waals surface area (Å²) >= 11 is 7.80. The summed E-state index contributed by atoms with van der Waals surface area (Å²) < 4.78 is 1.07. The largest absolute Gasteiger partial charge is 0.359 e. The van der Waals surface area contributed by atoms with E-state index >= 15 is 0 Å². The lowest BCUT2D eigenvalue weighted by atomic mass is 9.96. The zero-order chi connectivity index (χ0) is 13.1. The van der Waals surface area contributed by atoms with Crippen molar-refractivity contribution in [2.24, 2.45) is 5.92 Å². The second kappa shape index (κ2) is 5.89. The van der Waals surface area contributed by atoms with Gasteiger partial charge in [-0.2, -0.15) is 0 Å². The Labute approximate surface area is 117 Å². The molecule has 0 bridgehead atoms. The highest BCUT2D eigenvalue weighted by Crippen LogP contribution is 2.32. The molecule has 98 valence electrons. The van der Waals surface area contributed by atoms with Crippen LogP contribution in [0.2, 0.25) is 5.02 Å². The Morgan fingerprint density at radius 3 is 2.67 bits per heavy atom. The first-order valence-corrected chi connectivity index (χ1v) is 7.66. The molecular formula is C14H19ClN2S. The molecule has 1 heterocycles. The number of rotatable bonds is 5. The van der Waals surface area contributed by atoms with Crippen LogP contribution in [0.25, 0.3) is 10.2 Å². The van der Waals surface area contributed by atoms with Gasteiger partial charge in [-0.05, 0) is 25.0 Å².